The normalized spacial score (nSPS) is 24.6. The van der Waals surface area contributed by atoms with Crippen LogP contribution in [0, 0.1) is 17.8 Å². The quantitative estimate of drug-likeness (QED) is 0.255. The van der Waals surface area contributed by atoms with E-state index in [4.69, 9.17) is 9.73 Å². The summed E-state index contributed by atoms with van der Waals surface area (Å²) in [6.07, 6.45) is 2.32. The van der Waals surface area contributed by atoms with Crippen molar-refractivity contribution >= 4 is 35.9 Å². The molecule has 2 heterocycles. The third kappa shape index (κ3) is 6.83. The maximum absolute atomic E-state index is 12.0. The Balaban J connectivity index is 0.00000320. The summed E-state index contributed by atoms with van der Waals surface area (Å²) in [6.45, 7) is 10.8. The Morgan fingerprint density at radius 1 is 1.23 bits per heavy atom. The minimum atomic E-state index is -0.110. The molecule has 2 saturated heterocycles. The monoisotopic (exact) mass is 528 g/mol. The lowest BCUT2D eigenvalue weighted by Crippen LogP contribution is -2.41. The van der Waals surface area contributed by atoms with E-state index in [0.29, 0.717) is 12.5 Å². The molecular weight excluding hydrogens is 491 g/mol. The molecule has 6 nitrogen and oxygen atoms in total. The molecule has 0 bridgehead atoms. The van der Waals surface area contributed by atoms with Crippen LogP contribution in [0.25, 0.3) is 0 Å². The molecule has 1 aromatic rings. The second kappa shape index (κ2) is 12.5. The highest BCUT2D eigenvalue weighted by Gasteiger charge is 2.37. The van der Waals surface area contributed by atoms with Crippen LogP contribution in [0.3, 0.4) is 0 Å². The Hall–Kier alpha value is -1.35. The van der Waals surface area contributed by atoms with Gasteiger partial charge in [0, 0.05) is 39.3 Å². The van der Waals surface area contributed by atoms with Crippen LogP contribution in [0.5, 0.6) is 0 Å². The number of hydrogen-bond donors (Lipinski definition) is 1. The minimum absolute atomic E-state index is 0. The van der Waals surface area contributed by atoms with Crippen molar-refractivity contribution < 1.29 is 9.53 Å². The van der Waals surface area contributed by atoms with Gasteiger partial charge in [-0.15, -0.1) is 24.0 Å². The van der Waals surface area contributed by atoms with Crippen LogP contribution in [0.4, 0.5) is 0 Å². The zero-order chi connectivity index (χ0) is 20.6. The lowest BCUT2D eigenvalue weighted by molar-refractivity contribution is -0.145. The summed E-state index contributed by atoms with van der Waals surface area (Å²) >= 11 is 0. The first-order valence-electron chi connectivity index (χ1n) is 11.0. The molecule has 0 aromatic heterocycles. The highest BCUT2D eigenvalue weighted by Crippen LogP contribution is 2.24. The molecule has 1 N–H and O–H groups in total. The smallest absolute Gasteiger partial charge is 0.310 e. The number of methoxy groups -OCH3 is 1. The average molecular weight is 528 g/mol. The van der Waals surface area contributed by atoms with Gasteiger partial charge in [-0.2, -0.15) is 0 Å². The van der Waals surface area contributed by atoms with E-state index in [-0.39, 0.29) is 41.8 Å². The molecule has 1 aromatic carbocycles. The van der Waals surface area contributed by atoms with Crippen LogP contribution in [-0.2, 0) is 16.0 Å². The maximum atomic E-state index is 12.0. The summed E-state index contributed by atoms with van der Waals surface area (Å²) in [5, 5.41) is 3.41. The summed E-state index contributed by atoms with van der Waals surface area (Å²) in [4.78, 5) is 21.7. The van der Waals surface area contributed by atoms with Crippen LogP contribution in [0.1, 0.15) is 25.8 Å². The van der Waals surface area contributed by atoms with Crippen molar-refractivity contribution in [2.45, 2.75) is 26.7 Å². The lowest BCUT2D eigenvalue weighted by atomic mass is 9.99. The van der Waals surface area contributed by atoms with Gasteiger partial charge < -0.3 is 19.9 Å². The third-order valence-corrected chi connectivity index (χ3v) is 6.18. The number of halogens is 1. The fourth-order valence-electron chi connectivity index (χ4n) is 4.44. The number of ether oxygens (including phenoxy) is 1. The van der Waals surface area contributed by atoms with Crippen LogP contribution in [0.15, 0.2) is 35.3 Å². The molecule has 7 heteroatoms. The van der Waals surface area contributed by atoms with Crippen molar-refractivity contribution in [2.75, 3.05) is 52.9 Å². The first kappa shape index (κ1) is 24.9. The number of benzene rings is 1. The SMILES string of the molecule is CCNC(=NCC1CCN(CCc2ccccc2)C1)N1CC(C)C(C(=O)OC)C1.I. The zero-order valence-corrected chi connectivity index (χ0v) is 20.9. The Morgan fingerprint density at radius 3 is 2.70 bits per heavy atom. The highest BCUT2D eigenvalue weighted by molar-refractivity contribution is 14.0. The van der Waals surface area contributed by atoms with E-state index in [2.05, 4.69) is 59.3 Å². The van der Waals surface area contributed by atoms with Crippen molar-refractivity contribution in [3.63, 3.8) is 0 Å². The number of hydrogen-bond acceptors (Lipinski definition) is 4. The van der Waals surface area contributed by atoms with Gasteiger partial charge in [0.05, 0.1) is 13.0 Å². The number of aliphatic imine (C=N–C) groups is 1. The molecule has 2 aliphatic rings. The maximum Gasteiger partial charge on any atom is 0.310 e. The van der Waals surface area contributed by atoms with Crippen LogP contribution in [0.2, 0.25) is 0 Å². The molecule has 0 spiro atoms. The predicted molar refractivity (Wildman–Crippen MR) is 132 cm³/mol. The van der Waals surface area contributed by atoms with Gasteiger partial charge in [0.1, 0.15) is 0 Å². The molecule has 0 aliphatic carbocycles. The Kier molecular flexibility index (Phi) is 10.4. The Labute approximate surface area is 198 Å². The zero-order valence-electron chi connectivity index (χ0n) is 18.5. The van der Waals surface area contributed by atoms with Crippen molar-refractivity contribution in [3.05, 3.63) is 35.9 Å². The fourth-order valence-corrected chi connectivity index (χ4v) is 4.44. The number of nitrogens with zero attached hydrogens (tertiary/aromatic N) is 3. The first-order valence-corrected chi connectivity index (χ1v) is 11.0. The Bertz CT molecular complexity index is 685. The summed E-state index contributed by atoms with van der Waals surface area (Å²) in [7, 11) is 1.47. The molecule has 0 saturated carbocycles. The number of carbonyl (C=O) groups is 1. The van der Waals surface area contributed by atoms with Gasteiger partial charge in [-0.3, -0.25) is 9.79 Å². The molecule has 3 rings (SSSR count). The van der Waals surface area contributed by atoms with Crippen LogP contribution < -0.4 is 5.32 Å². The molecule has 168 valence electrons. The predicted octanol–water partition coefficient (Wildman–Crippen LogP) is 2.88. The van der Waals surface area contributed by atoms with Crippen molar-refractivity contribution in [2.24, 2.45) is 22.7 Å². The fraction of sp³-hybridized carbons (Fsp3) is 0.652. The van der Waals surface area contributed by atoms with Gasteiger partial charge in [0.15, 0.2) is 5.96 Å². The molecule has 3 unspecified atom stereocenters. The number of likely N-dealkylation sites (tertiary alicyclic amines) is 2. The van der Waals surface area contributed by atoms with Crippen molar-refractivity contribution in [1.29, 1.82) is 0 Å². The average Bonchev–Trinajstić information content (AvgIpc) is 3.36. The topological polar surface area (TPSA) is 57.2 Å². The van der Waals surface area contributed by atoms with Gasteiger partial charge in [-0.25, -0.2) is 0 Å². The number of guanidine groups is 1. The largest absolute Gasteiger partial charge is 0.469 e. The van der Waals surface area contributed by atoms with E-state index in [1.807, 2.05) is 0 Å². The van der Waals surface area contributed by atoms with Gasteiger partial charge in [-0.05, 0) is 43.7 Å². The molecule has 3 atom stereocenters. The molecule has 30 heavy (non-hydrogen) atoms. The van der Waals surface area contributed by atoms with Crippen molar-refractivity contribution in [1.82, 2.24) is 15.1 Å². The molecule has 2 aliphatic heterocycles. The number of esters is 1. The summed E-state index contributed by atoms with van der Waals surface area (Å²) in [6, 6.07) is 10.7. The summed E-state index contributed by atoms with van der Waals surface area (Å²) < 4.78 is 4.97. The minimum Gasteiger partial charge on any atom is -0.469 e. The standard InChI is InChI=1S/C23H36N4O2.HI/c1-4-24-23(27-15-18(2)21(17-27)22(28)29-3)25-14-20-11-13-26(16-20)12-10-19-8-6-5-7-9-19;/h5-9,18,20-21H,4,10-17H2,1-3H3,(H,24,25);1H. The second-order valence-corrected chi connectivity index (χ2v) is 8.40. The van der Waals surface area contributed by atoms with Crippen LogP contribution in [-0.4, -0.2) is 74.7 Å². The molecule has 2 fully saturated rings. The van der Waals surface area contributed by atoms with E-state index < -0.39 is 0 Å². The van der Waals surface area contributed by atoms with E-state index in [9.17, 15) is 4.79 Å². The van der Waals surface area contributed by atoms with E-state index in [0.717, 1.165) is 51.6 Å². The molecule has 0 radical (unpaired) electrons. The number of rotatable bonds is 7. The van der Waals surface area contributed by atoms with Gasteiger partial charge in [0.2, 0.25) is 0 Å². The highest BCUT2D eigenvalue weighted by atomic mass is 127. The van der Waals surface area contributed by atoms with Gasteiger partial charge in [-0.1, -0.05) is 37.3 Å². The third-order valence-electron chi connectivity index (χ3n) is 6.18. The summed E-state index contributed by atoms with van der Waals surface area (Å²) in [5.74, 6) is 1.65. The first-order chi connectivity index (χ1) is 14.1. The van der Waals surface area contributed by atoms with Crippen molar-refractivity contribution in [3.8, 4) is 0 Å². The van der Waals surface area contributed by atoms with E-state index in [1.165, 1.54) is 19.1 Å². The van der Waals surface area contributed by atoms with Gasteiger partial charge >= 0.3 is 5.97 Å². The molecular formula is C23H37IN4O2. The second-order valence-electron chi connectivity index (χ2n) is 8.40. The molecule has 0 amide bonds. The van der Waals surface area contributed by atoms with Crippen LogP contribution >= 0.6 is 24.0 Å². The lowest BCUT2D eigenvalue weighted by Gasteiger charge is -2.22. The van der Waals surface area contributed by atoms with E-state index >= 15 is 0 Å². The van der Waals surface area contributed by atoms with Gasteiger partial charge in [0.25, 0.3) is 0 Å². The Morgan fingerprint density at radius 2 is 2.00 bits per heavy atom. The summed E-state index contributed by atoms with van der Waals surface area (Å²) in [5.41, 5.74) is 1.41. The van der Waals surface area contributed by atoms with E-state index in [1.54, 1.807) is 0 Å². The number of carbonyl (C=O) groups excluding carboxylic acids is 1. The number of nitrogens with one attached hydrogen (secondary N) is 1.